The molecule has 0 aliphatic rings. The molecule has 33 heavy (non-hydrogen) atoms. The van der Waals surface area contributed by atoms with Crippen LogP contribution in [-0.2, 0) is 6.18 Å². The maximum atomic E-state index is 12.9. The van der Waals surface area contributed by atoms with E-state index in [0.717, 1.165) is 24.3 Å². The first kappa shape index (κ1) is 24.6. The van der Waals surface area contributed by atoms with Gasteiger partial charge in [0.15, 0.2) is 0 Å². The highest BCUT2D eigenvalue weighted by Gasteiger charge is 2.31. The topological polar surface area (TPSA) is 79.3 Å². The van der Waals surface area contributed by atoms with Crippen molar-refractivity contribution in [3.05, 3.63) is 58.6 Å². The molecule has 0 spiro atoms. The number of ether oxygens (including phenoxy) is 1. The molecule has 0 fully saturated rings. The van der Waals surface area contributed by atoms with Crippen molar-refractivity contribution in [1.82, 2.24) is 9.97 Å². The van der Waals surface area contributed by atoms with Crippen LogP contribution >= 0.6 is 15.9 Å². The second kappa shape index (κ2) is 9.83. The highest BCUT2D eigenvalue weighted by molar-refractivity contribution is 9.10. The molecule has 0 saturated heterocycles. The lowest BCUT2D eigenvalue weighted by atomic mass is 10.1. The van der Waals surface area contributed by atoms with Gasteiger partial charge in [-0.3, -0.25) is 0 Å². The number of benzene rings is 2. The Kier molecular flexibility index (Phi) is 7.32. The molecule has 176 valence electrons. The van der Waals surface area contributed by atoms with E-state index in [-0.39, 0.29) is 46.3 Å². The zero-order valence-electron chi connectivity index (χ0n) is 16.4. The largest absolute Gasteiger partial charge is 0.573 e. The van der Waals surface area contributed by atoms with Gasteiger partial charge in [-0.05, 0) is 46.3 Å². The average molecular weight is 537 g/mol. The lowest BCUT2D eigenvalue weighted by Gasteiger charge is -2.14. The second-order valence-corrected chi connectivity index (χ2v) is 7.36. The maximum Gasteiger partial charge on any atom is 0.573 e. The van der Waals surface area contributed by atoms with Gasteiger partial charge in [-0.25, -0.2) is 4.98 Å². The van der Waals surface area contributed by atoms with E-state index in [1.165, 1.54) is 24.3 Å². The summed E-state index contributed by atoms with van der Waals surface area (Å²) in [4.78, 5) is 8.41. The zero-order chi connectivity index (χ0) is 24.2. The van der Waals surface area contributed by atoms with Crippen molar-refractivity contribution < 1.29 is 36.2 Å². The van der Waals surface area contributed by atoms with Gasteiger partial charge in [0, 0.05) is 22.6 Å². The van der Waals surface area contributed by atoms with Gasteiger partial charge in [0.2, 0.25) is 5.95 Å². The summed E-state index contributed by atoms with van der Waals surface area (Å²) in [6, 6.07) is 9.49. The van der Waals surface area contributed by atoms with Crippen molar-refractivity contribution >= 4 is 33.4 Å². The minimum Gasteiger partial charge on any atom is -0.406 e. The Bertz CT molecular complexity index is 1120. The molecule has 3 aromatic rings. The number of anilines is 3. The minimum atomic E-state index is -4.88. The number of aliphatic hydroxyl groups is 1. The predicted molar refractivity (Wildman–Crippen MR) is 112 cm³/mol. The molecule has 0 aliphatic heterocycles. The number of nitrogens with zero attached hydrogens (tertiary/aromatic N) is 2. The number of aliphatic hydroxyl groups excluding tert-OH is 1. The number of aromatic nitrogens is 2. The van der Waals surface area contributed by atoms with Gasteiger partial charge in [-0.1, -0.05) is 12.1 Å². The van der Waals surface area contributed by atoms with Crippen LogP contribution in [0.15, 0.2) is 53.0 Å². The SMILES string of the molecule is OCCNc1nc(Nc2ccc(C(F)(F)F)cc2Br)cc(-c2cccc(OC(F)(F)F)c2)n1. The van der Waals surface area contributed by atoms with Gasteiger partial charge >= 0.3 is 12.5 Å². The number of nitrogens with one attached hydrogen (secondary N) is 2. The molecular formula is C20H15BrF6N4O2. The molecule has 6 nitrogen and oxygen atoms in total. The van der Waals surface area contributed by atoms with E-state index in [1.807, 2.05) is 0 Å². The Hall–Kier alpha value is -3.06. The summed E-state index contributed by atoms with van der Waals surface area (Å²) in [6.07, 6.45) is -9.40. The number of hydrogen-bond acceptors (Lipinski definition) is 6. The fourth-order valence-corrected chi connectivity index (χ4v) is 3.17. The highest BCUT2D eigenvalue weighted by Crippen LogP contribution is 2.35. The van der Waals surface area contributed by atoms with Gasteiger partial charge in [-0.15, -0.1) is 13.2 Å². The van der Waals surface area contributed by atoms with Gasteiger partial charge in [0.1, 0.15) is 11.6 Å². The van der Waals surface area contributed by atoms with Gasteiger partial charge in [0.25, 0.3) is 0 Å². The van der Waals surface area contributed by atoms with Crippen molar-refractivity contribution in [1.29, 1.82) is 0 Å². The summed E-state index contributed by atoms with van der Waals surface area (Å²) in [7, 11) is 0. The van der Waals surface area contributed by atoms with Gasteiger partial charge < -0.3 is 20.5 Å². The predicted octanol–water partition coefficient (Wildman–Crippen LogP) is 5.97. The monoisotopic (exact) mass is 536 g/mol. The Morgan fingerprint density at radius 2 is 1.73 bits per heavy atom. The van der Waals surface area contributed by atoms with Crippen LogP contribution in [-0.4, -0.2) is 34.6 Å². The van der Waals surface area contributed by atoms with Crippen LogP contribution in [0.1, 0.15) is 5.56 Å². The van der Waals surface area contributed by atoms with E-state index in [4.69, 9.17) is 5.11 Å². The molecule has 2 aromatic carbocycles. The standard InChI is InChI=1S/C20H15BrF6N4O2/c21-14-9-12(19(22,23)24)4-5-15(14)29-17-10-16(30-18(31-17)28-6-7-32)11-2-1-3-13(8-11)33-20(25,26)27/h1-5,8-10,32H,6-7H2,(H2,28,29,30,31). The molecule has 1 heterocycles. The molecular weight excluding hydrogens is 522 g/mol. The van der Waals surface area contributed by atoms with Crippen molar-refractivity contribution in [2.24, 2.45) is 0 Å². The summed E-state index contributed by atoms with van der Waals surface area (Å²) in [5.41, 5.74) is -0.130. The Labute approximate surface area is 191 Å². The first-order chi connectivity index (χ1) is 15.4. The molecule has 0 amide bonds. The molecule has 13 heteroatoms. The van der Waals surface area contributed by atoms with E-state index in [9.17, 15) is 26.3 Å². The summed E-state index contributed by atoms with van der Waals surface area (Å²) >= 11 is 3.08. The van der Waals surface area contributed by atoms with Crippen LogP contribution in [0, 0.1) is 0 Å². The van der Waals surface area contributed by atoms with Crippen LogP contribution < -0.4 is 15.4 Å². The third-order valence-electron chi connectivity index (χ3n) is 4.04. The Morgan fingerprint density at radius 3 is 2.36 bits per heavy atom. The summed E-state index contributed by atoms with van der Waals surface area (Å²) in [5, 5.41) is 14.6. The molecule has 1 aromatic heterocycles. The zero-order valence-corrected chi connectivity index (χ0v) is 18.0. The second-order valence-electron chi connectivity index (χ2n) is 6.51. The van der Waals surface area contributed by atoms with Crippen LogP contribution in [0.3, 0.4) is 0 Å². The fourth-order valence-electron chi connectivity index (χ4n) is 2.69. The van der Waals surface area contributed by atoms with Crippen LogP contribution in [0.4, 0.5) is 43.8 Å². The van der Waals surface area contributed by atoms with Crippen molar-refractivity contribution in [2.75, 3.05) is 23.8 Å². The molecule has 0 aliphatic carbocycles. The van der Waals surface area contributed by atoms with E-state index in [2.05, 4.69) is 41.3 Å². The van der Waals surface area contributed by atoms with Crippen LogP contribution in [0.5, 0.6) is 5.75 Å². The van der Waals surface area contributed by atoms with E-state index < -0.39 is 23.9 Å². The molecule has 3 N–H and O–H groups in total. The molecule has 0 unspecified atom stereocenters. The maximum absolute atomic E-state index is 12.9. The van der Waals surface area contributed by atoms with E-state index in [0.29, 0.717) is 0 Å². The van der Waals surface area contributed by atoms with Crippen LogP contribution in [0.25, 0.3) is 11.3 Å². The third kappa shape index (κ3) is 6.96. The number of hydrogen-bond donors (Lipinski definition) is 3. The summed E-state index contributed by atoms with van der Waals surface area (Å²) in [6.45, 7) is -0.153. The smallest absolute Gasteiger partial charge is 0.406 e. The summed E-state index contributed by atoms with van der Waals surface area (Å²) < 4.78 is 80.4. The summed E-state index contributed by atoms with van der Waals surface area (Å²) in [5.74, 6) is -0.277. The number of halogens is 7. The number of alkyl halides is 6. The normalized spacial score (nSPS) is 11.9. The van der Waals surface area contributed by atoms with Gasteiger partial charge in [-0.2, -0.15) is 18.2 Å². The third-order valence-corrected chi connectivity index (χ3v) is 4.70. The van der Waals surface area contributed by atoms with E-state index >= 15 is 0 Å². The van der Waals surface area contributed by atoms with Crippen LogP contribution in [0.2, 0.25) is 0 Å². The minimum absolute atomic E-state index is 0.0363. The highest BCUT2D eigenvalue weighted by atomic mass is 79.9. The van der Waals surface area contributed by atoms with E-state index in [1.54, 1.807) is 0 Å². The Balaban J connectivity index is 1.97. The Morgan fingerprint density at radius 1 is 0.970 bits per heavy atom. The molecule has 0 radical (unpaired) electrons. The molecule has 0 bridgehead atoms. The lowest BCUT2D eigenvalue weighted by Crippen LogP contribution is -2.17. The fraction of sp³-hybridized carbons (Fsp3) is 0.200. The molecule has 0 saturated carbocycles. The number of rotatable bonds is 7. The van der Waals surface area contributed by atoms with Crippen molar-refractivity contribution in [2.45, 2.75) is 12.5 Å². The molecule has 0 atom stereocenters. The first-order valence-corrected chi connectivity index (χ1v) is 9.98. The van der Waals surface area contributed by atoms with Gasteiger partial charge in [0.05, 0.1) is 23.6 Å². The molecule has 3 rings (SSSR count). The van der Waals surface area contributed by atoms with Crippen molar-refractivity contribution in [3.63, 3.8) is 0 Å². The first-order valence-electron chi connectivity index (χ1n) is 9.18. The average Bonchev–Trinajstić information content (AvgIpc) is 2.72. The quantitative estimate of drug-likeness (QED) is 0.323. The van der Waals surface area contributed by atoms with Crippen molar-refractivity contribution in [3.8, 4) is 17.0 Å². The lowest BCUT2D eigenvalue weighted by molar-refractivity contribution is -0.274.